The Kier molecular flexibility index (Phi) is 3.65. The average Bonchev–Trinajstić information content (AvgIpc) is 3.17. The molecule has 1 unspecified atom stereocenters. The van der Waals surface area contributed by atoms with Crippen LogP contribution >= 0.6 is 0 Å². The second kappa shape index (κ2) is 5.83. The van der Waals surface area contributed by atoms with Crippen LogP contribution in [0.15, 0.2) is 22.7 Å². The number of anilines is 1. The molecule has 0 radical (unpaired) electrons. The van der Waals surface area contributed by atoms with E-state index in [1.165, 1.54) is 0 Å². The zero-order valence-electron chi connectivity index (χ0n) is 13.4. The number of carbonyl (C=O) groups excluding carboxylic acids is 1. The summed E-state index contributed by atoms with van der Waals surface area (Å²) in [6.07, 6.45) is 4.82. The van der Waals surface area contributed by atoms with Gasteiger partial charge in [-0.3, -0.25) is 0 Å². The summed E-state index contributed by atoms with van der Waals surface area (Å²) in [6.45, 7) is 2.75. The lowest BCUT2D eigenvalue weighted by molar-refractivity contribution is -0.0366. The number of rotatable bonds is 3. The first-order chi connectivity index (χ1) is 11.7. The molecule has 0 bridgehead atoms. The van der Waals surface area contributed by atoms with Crippen molar-refractivity contribution in [2.24, 2.45) is 0 Å². The molecule has 0 aliphatic carbocycles. The van der Waals surface area contributed by atoms with Crippen LogP contribution in [0.25, 0.3) is 21.9 Å². The van der Waals surface area contributed by atoms with Crippen LogP contribution in [0, 0.1) is 0 Å². The summed E-state index contributed by atoms with van der Waals surface area (Å²) in [5, 5.41) is 6.02. The van der Waals surface area contributed by atoms with Crippen molar-refractivity contribution < 1.29 is 18.7 Å². The highest BCUT2D eigenvalue weighted by Gasteiger charge is 2.24. The Hall–Kier alpha value is -2.54. The Morgan fingerprint density at radius 3 is 3.08 bits per heavy atom. The van der Waals surface area contributed by atoms with Gasteiger partial charge in [0.25, 0.3) is 0 Å². The van der Waals surface area contributed by atoms with Gasteiger partial charge in [0.15, 0.2) is 6.23 Å². The number of hydrogen-bond donors (Lipinski definition) is 1. The van der Waals surface area contributed by atoms with E-state index in [1.54, 1.807) is 19.2 Å². The summed E-state index contributed by atoms with van der Waals surface area (Å²) in [5.41, 5.74) is 7.91. The van der Waals surface area contributed by atoms with E-state index in [1.807, 2.05) is 10.7 Å². The number of nitrogens with zero attached hydrogens (tertiary/aromatic N) is 2. The number of ether oxygens (including phenoxy) is 2. The third-order valence-electron chi connectivity index (χ3n) is 4.36. The molecule has 1 atom stereocenters. The molecule has 7 heteroatoms. The molecule has 1 fully saturated rings. The average molecular weight is 329 g/mol. The summed E-state index contributed by atoms with van der Waals surface area (Å²) in [6, 6.07) is 3.72. The van der Waals surface area contributed by atoms with Gasteiger partial charge in [-0.1, -0.05) is 0 Å². The lowest BCUT2D eigenvalue weighted by atomic mass is 10.1. The monoisotopic (exact) mass is 329 g/mol. The zero-order valence-corrected chi connectivity index (χ0v) is 13.4. The van der Waals surface area contributed by atoms with Crippen LogP contribution in [0.2, 0.25) is 0 Å². The molecule has 2 N–H and O–H groups in total. The van der Waals surface area contributed by atoms with Crippen molar-refractivity contribution in [2.75, 3.05) is 18.9 Å². The van der Waals surface area contributed by atoms with Crippen LogP contribution in [-0.2, 0) is 9.47 Å². The lowest BCUT2D eigenvalue weighted by Crippen LogP contribution is -2.18. The number of furan rings is 1. The van der Waals surface area contributed by atoms with Crippen LogP contribution in [0.4, 0.5) is 5.69 Å². The highest BCUT2D eigenvalue weighted by Crippen LogP contribution is 2.36. The maximum absolute atomic E-state index is 12.0. The van der Waals surface area contributed by atoms with Crippen LogP contribution < -0.4 is 5.73 Å². The molecule has 1 aromatic carbocycles. The normalized spacial score (nSPS) is 18.3. The number of nitrogens with two attached hydrogens (primary N) is 1. The molecule has 1 saturated heterocycles. The predicted octanol–water partition coefficient (Wildman–Crippen LogP) is 3.24. The molecule has 3 heterocycles. The van der Waals surface area contributed by atoms with Gasteiger partial charge < -0.3 is 19.6 Å². The molecule has 0 saturated carbocycles. The van der Waals surface area contributed by atoms with Crippen molar-refractivity contribution in [3.05, 3.63) is 24.1 Å². The van der Waals surface area contributed by atoms with Crippen LogP contribution in [0.5, 0.6) is 0 Å². The van der Waals surface area contributed by atoms with Crippen molar-refractivity contribution in [2.45, 2.75) is 32.4 Å². The molecule has 4 rings (SSSR count). The number of hydrogen-bond acceptors (Lipinski definition) is 6. The number of aromatic nitrogens is 2. The molecule has 0 amide bonds. The van der Waals surface area contributed by atoms with Gasteiger partial charge in [-0.2, -0.15) is 5.10 Å². The molecule has 0 spiro atoms. The van der Waals surface area contributed by atoms with E-state index < -0.39 is 5.97 Å². The first-order valence-electron chi connectivity index (χ1n) is 8.17. The molecule has 7 nitrogen and oxygen atoms in total. The van der Waals surface area contributed by atoms with Crippen LogP contribution in [-0.4, -0.2) is 29.0 Å². The first-order valence-corrected chi connectivity index (χ1v) is 8.17. The minimum Gasteiger partial charge on any atom is -0.460 e. The fraction of sp³-hybridized carbons (Fsp3) is 0.412. The third kappa shape index (κ3) is 2.24. The highest BCUT2D eigenvalue weighted by molar-refractivity contribution is 6.14. The lowest BCUT2D eigenvalue weighted by Gasteiger charge is -2.23. The molecule has 24 heavy (non-hydrogen) atoms. The Labute approximate surface area is 138 Å². The molecular weight excluding hydrogens is 310 g/mol. The Bertz CT molecular complexity index is 905. The summed E-state index contributed by atoms with van der Waals surface area (Å²) in [4.78, 5) is 12.0. The van der Waals surface area contributed by atoms with Gasteiger partial charge in [-0.25, -0.2) is 9.48 Å². The Morgan fingerprint density at radius 2 is 2.33 bits per heavy atom. The summed E-state index contributed by atoms with van der Waals surface area (Å²) in [5.74, 6) is -0.511. The van der Waals surface area contributed by atoms with Gasteiger partial charge in [0.2, 0.25) is 5.76 Å². The van der Waals surface area contributed by atoms with Crippen molar-refractivity contribution in [1.29, 1.82) is 0 Å². The maximum Gasteiger partial charge on any atom is 0.376 e. The van der Waals surface area contributed by atoms with Crippen molar-refractivity contribution in [3.8, 4) is 0 Å². The van der Waals surface area contributed by atoms with Gasteiger partial charge >= 0.3 is 5.97 Å². The van der Waals surface area contributed by atoms with Crippen molar-refractivity contribution in [3.63, 3.8) is 0 Å². The number of fused-ring (bicyclic) bond motifs is 3. The smallest absolute Gasteiger partial charge is 0.376 e. The van der Waals surface area contributed by atoms with Gasteiger partial charge in [0.05, 0.1) is 29.4 Å². The van der Waals surface area contributed by atoms with E-state index >= 15 is 0 Å². The van der Waals surface area contributed by atoms with Crippen LogP contribution in [0.1, 0.15) is 43.0 Å². The fourth-order valence-electron chi connectivity index (χ4n) is 3.24. The van der Waals surface area contributed by atoms with Gasteiger partial charge in [0.1, 0.15) is 5.58 Å². The minimum atomic E-state index is -0.553. The Balaban J connectivity index is 1.85. The number of nitrogen functional groups attached to an aromatic ring is 1. The van der Waals surface area contributed by atoms with Gasteiger partial charge in [-0.15, -0.1) is 0 Å². The number of carbonyl (C=O) groups is 1. The predicted molar refractivity (Wildman–Crippen MR) is 88.7 cm³/mol. The number of esters is 1. The van der Waals surface area contributed by atoms with E-state index in [4.69, 9.17) is 19.6 Å². The van der Waals surface area contributed by atoms with E-state index in [0.29, 0.717) is 11.0 Å². The quantitative estimate of drug-likeness (QED) is 0.742. The van der Waals surface area contributed by atoms with Crippen molar-refractivity contribution >= 4 is 33.5 Å². The van der Waals surface area contributed by atoms with E-state index in [9.17, 15) is 4.79 Å². The topological polar surface area (TPSA) is 92.5 Å². The summed E-state index contributed by atoms with van der Waals surface area (Å²) >= 11 is 0. The van der Waals surface area contributed by atoms with Crippen molar-refractivity contribution in [1.82, 2.24) is 9.78 Å². The van der Waals surface area contributed by atoms with Gasteiger partial charge in [0, 0.05) is 12.0 Å². The maximum atomic E-state index is 12.0. The standard InChI is InChI=1S/C17H19N3O4/c1-2-22-17(21)16-15(18)14-10-9-19-20(13-5-3-4-8-23-13)11(10)6-7-12(14)24-16/h6-7,9,13H,2-5,8,18H2,1H3. The Morgan fingerprint density at radius 1 is 1.46 bits per heavy atom. The third-order valence-corrected chi connectivity index (χ3v) is 4.36. The van der Waals surface area contributed by atoms with E-state index in [-0.39, 0.29) is 24.3 Å². The van der Waals surface area contributed by atoms with E-state index in [2.05, 4.69) is 5.10 Å². The second-order valence-electron chi connectivity index (χ2n) is 5.85. The molecule has 1 aliphatic rings. The molecule has 3 aromatic rings. The largest absolute Gasteiger partial charge is 0.460 e. The fourth-order valence-corrected chi connectivity index (χ4v) is 3.24. The van der Waals surface area contributed by atoms with E-state index in [0.717, 1.165) is 36.8 Å². The zero-order chi connectivity index (χ0) is 16.7. The summed E-state index contributed by atoms with van der Waals surface area (Å²) < 4.78 is 18.3. The number of benzene rings is 1. The first kappa shape index (κ1) is 15.0. The SMILES string of the molecule is CCOC(=O)c1oc2ccc3c(cnn3C3CCCCO3)c2c1N. The second-order valence-corrected chi connectivity index (χ2v) is 5.85. The van der Waals surface area contributed by atoms with Gasteiger partial charge in [-0.05, 0) is 38.3 Å². The molecule has 2 aromatic heterocycles. The highest BCUT2D eigenvalue weighted by atomic mass is 16.5. The van der Waals surface area contributed by atoms with Crippen LogP contribution in [0.3, 0.4) is 0 Å². The summed E-state index contributed by atoms with van der Waals surface area (Å²) in [7, 11) is 0. The molecule has 126 valence electrons. The molecular formula is C17H19N3O4. The minimum absolute atomic E-state index is 0.0426. The molecule has 1 aliphatic heterocycles.